The van der Waals surface area contributed by atoms with Crippen LogP contribution in [0.1, 0.15) is 26.3 Å². The molecule has 0 unspecified atom stereocenters. The number of benzene rings is 2. The van der Waals surface area contributed by atoms with E-state index in [0.717, 1.165) is 0 Å². The van der Waals surface area contributed by atoms with Gasteiger partial charge in [-0.2, -0.15) is 0 Å². The molecule has 2 amide bonds. The Morgan fingerprint density at radius 1 is 1.03 bits per heavy atom. The molecule has 35 heavy (non-hydrogen) atoms. The van der Waals surface area contributed by atoms with Gasteiger partial charge in [0.2, 0.25) is 5.91 Å². The number of ether oxygens (including phenoxy) is 1. The van der Waals surface area contributed by atoms with E-state index in [1.165, 1.54) is 23.9 Å². The smallest absolute Gasteiger partial charge is 0.410 e. The van der Waals surface area contributed by atoms with E-state index in [9.17, 15) is 19.7 Å². The average molecular weight is 538 g/mol. The number of piperazine rings is 1. The van der Waals surface area contributed by atoms with Gasteiger partial charge in [-0.25, -0.2) is 4.79 Å². The van der Waals surface area contributed by atoms with Gasteiger partial charge in [-0.3, -0.25) is 14.9 Å². The van der Waals surface area contributed by atoms with E-state index < -0.39 is 16.6 Å². The second-order valence-corrected chi connectivity index (χ2v) is 10.7. The summed E-state index contributed by atoms with van der Waals surface area (Å²) in [5.74, 6) is -0.233. The summed E-state index contributed by atoms with van der Waals surface area (Å²) in [5, 5.41) is 12.5. The molecule has 11 heteroatoms. The van der Waals surface area contributed by atoms with Crippen LogP contribution in [-0.2, 0) is 9.53 Å². The summed E-state index contributed by atoms with van der Waals surface area (Å²) in [6.45, 7) is 6.91. The van der Waals surface area contributed by atoms with Gasteiger partial charge in [0.25, 0.3) is 5.69 Å². The average Bonchev–Trinajstić information content (AvgIpc) is 2.78. The van der Waals surface area contributed by atoms with Crippen molar-refractivity contribution in [3.63, 3.8) is 0 Å². The molecule has 0 atom stereocenters. The number of carbonyl (C=O) groups excluding carboxylic acids is 2. The van der Waals surface area contributed by atoms with Crippen LogP contribution in [0.3, 0.4) is 0 Å². The van der Waals surface area contributed by atoms with Crippen LogP contribution in [0.25, 0.3) is 6.08 Å². The number of nitrogens with zero attached hydrogens (tertiary/aromatic N) is 3. The highest BCUT2D eigenvalue weighted by Crippen LogP contribution is 2.39. The standard InChI is InChI=1S/C24H25Cl2N3O5S/c1-24(2,3)34-23(31)28-12-10-27(11-13-28)22(30)9-5-16-4-7-21(19(14-16)29(32)33)35-20-8-6-17(25)15-18(20)26/h4-9,14-15H,10-13H2,1-3H3/b9-5+. The first-order valence-electron chi connectivity index (χ1n) is 10.8. The Hall–Kier alpha value is -2.75. The van der Waals surface area contributed by atoms with Crippen LogP contribution in [0.5, 0.6) is 0 Å². The maximum absolute atomic E-state index is 12.6. The quantitative estimate of drug-likeness (QED) is 0.258. The number of carbonyl (C=O) groups is 2. The van der Waals surface area contributed by atoms with Crippen LogP contribution in [0, 0.1) is 10.1 Å². The van der Waals surface area contributed by atoms with E-state index in [0.29, 0.717) is 51.6 Å². The van der Waals surface area contributed by atoms with Crippen LogP contribution >= 0.6 is 35.0 Å². The minimum atomic E-state index is -0.579. The molecule has 0 radical (unpaired) electrons. The third-order valence-electron chi connectivity index (χ3n) is 4.95. The van der Waals surface area contributed by atoms with Gasteiger partial charge in [0.1, 0.15) is 5.60 Å². The van der Waals surface area contributed by atoms with E-state index in [1.54, 1.807) is 67.0 Å². The summed E-state index contributed by atoms with van der Waals surface area (Å²) in [6.07, 6.45) is 2.52. The number of nitro groups is 1. The molecule has 1 fully saturated rings. The first-order valence-corrected chi connectivity index (χ1v) is 12.4. The van der Waals surface area contributed by atoms with E-state index >= 15 is 0 Å². The Morgan fingerprint density at radius 3 is 2.26 bits per heavy atom. The predicted octanol–water partition coefficient (Wildman–Crippen LogP) is 6.15. The van der Waals surface area contributed by atoms with Crippen LogP contribution in [0.4, 0.5) is 10.5 Å². The summed E-state index contributed by atoms with van der Waals surface area (Å²) in [5.41, 5.74) is -0.157. The van der Waals surface area contributed by atoms with Crippen LogP contribution < -0.4 is 0 Å². The van der Waals surface area contributed by atoms with Crippen molar-refractivity contribution in [2.45, 2.75) is 36.2 Å². The molecule has 1 heterocycles. The largest absolute Gasteiger partial charge is 0.444 e. The number of hydrogen-bond acceptors (Lipinski definition) is 6. The van der Waals surface area contributed by atoms with Gasteiger partial charge in [-0.1, -0.05) is 41.0 Å². The third kappa shape index (κ3) is 7.62. The normalized spacial score (nSPS) is 14.3. The summed E-state index contributed by atoms with van der Waals surface area (Å²) >= 11 is 13.3. The van der Waals surface area contributed by atoms with Crippen molar-refractivity contribution < 1.29 is 19.2 Å². The molecule has 0 saturated carbocycles. The zero-order valence-electron chi connectivity index (χ0n) is 19.5. The Kier molecular flexibility index (Phi) is 8.69. The third-order valence-corrected chi connectivity index (χ3v) is 6.76. The Bertz CT molecular complexity index is 1160. The maximum atomic E-state index is 12.6. The topological polar surface area (TPSA) is 93.0 Å². The molecule has 0 bridgehead atoms. The molecular weight excluding hydrogens is 513 g/mol. The highest BCUT2D eigenvalue weighted by molar-refractivity contribution is 7.99. The zero-order chi connectivity index (χ0) is 25.8. The van der Waals surface area contributed by atoms with Crippen LogP contribution in [0.2, 0.25) is 10.0 Å². The molecule has 0 aliphatic carbocycles. The van der Waals surface area contributed by atoms with Gasteiger partial charge in [0.15, 0.2) is 0 Å². The maximum Gasteiger partial charge on any atom is 0.410 e. The van der Waals surface area contributed by atoms with Crippen molar-refractivity contribution in [2.75, 3.05) is 26.2 Å². The van der Waals surface area contributed by atoms with Gasteiger partial charge in [0.05, 0.1) is 14.8 Å². The van der Waals surface area contributed by atoms with E-state index in [2.05, 4.69) is 0 Å². The molecule has 8 nitrogen and oxygen atoms in total. The minimum Gasteiger partial charge on any atom is -0.444 e. The number of hydrogen-bond donors (Lipinski definition) is 0. The fourth-order valence-corrected chi connectivity index (χ4v) is 4.68. The van der Waals surface area contributed by atoms with Crippen molar-refractivity contribution >= 4 is 58.7 Å². The molecule has 2 aromatic carbocycles. The molecule has 0 aromatic heterocycles. The van der Waals surface area contributed by atoms with Gasteiger partial charge < -0.3 is 14.5 Å². The Balaban J connectivity index is 1.64. The van der Waals surface area contributed by atoms with Crippen molar-refractivity contribution in [1.29, 1.82) is 0 Å². The monoisotopic (exact) mass is 537 g/mol. The highest BCUT2D eigenvalue weighted by Gasteiger charge is 2.27. The number of nitro benzene ring substituents is 1. The Morgan fingerprint density at radius 2 is 1.66 bits per heavy atom. The zero-order valence-corrected chi connectivity index (χ0v) is 21.8. The molecule has 2 aromatic rings. The fourth-order valence-electron chi connectivity index (χ4n) is 3.25. The van der Waals surface area contributed by atoms with Gasteiger partial charge in [-0.05, 0) is 56.7 Å². The highest BCUT2D eigenvalue weighted by atomic mass is 35.5. The summed E-state index contributed by atoms with van der Waals surface area (Å²) in [6, 6.07) is 9.68. The molecule has 0 spiro atoms. The predicted molar refractivity (Wildman–Crippen MR) is 137 cm³/mol. The summed E-state index contributed by atoms with van der Waals surface area (Å²) < 4.78 is 5.37. The minimum absolute atomic E-state index is 0.0957. The fraction of sp³-hybridized carbons (Fsp3) is 0.333. The van der Waals surface area contributed by atoms with Gasteiger partial charge >= 0.3 is 6.09 Å². The molecule has 186 valence electrons. The van der Waals surface area contributed by atoms with Crippen molar-refractivity contribution in [3.8, 4) is 0 Å². The van der Waals surface area contributed by atoms with E-state index in [4.69, 9.17) is 27.9 Å². The number of amides is 2. The van der Waals surface area contributed by atoms with Crippen molar-refractivity contribution in [3.05, 3.63) is 68.2 Å². The van der Waals surface area contributed by atoms with Crippen molar-refractivity contribution in [1.82, 2.24) is 9.80 Å². The first kappa shape index (κ1) is 26.8. The van der Waals surface area contributed by atoms with E-state index in [-0.39, 0.29) is 11.6 Å². The van der Waals surface area contributed by atoms with Crippen molar-refractivity contribution in [2.24, 2.45) is 0 Å². The molecule has 1 aliphatic heterocycles. The number of halogens is 2. The second kappa shape index (κ2) is 11.3. The molecular formula is C24H25Cl2N3O5S. The lowest BCUT2D eigenvalue weighted by molar-refractivity contribution is -0.387. The van der Waals surface area contributed by atoms with Crippen LogP contribution in [-0.4, -0.2) is 58.5 Å². The lowest BCUT2D eigenvalue weighted by atomic mass is 10.2. The molecule has 1 saturated heterocycles. The molecule has 0 N–H and O–H groups in total. The Labute approximate surface area is 218 Å². The van der Waals surface area contributed by atoms with Crippen LogP contribution in [0.15, 0.2) is 52.3 Å². The lowest BCUT2D eigenvalue weighted by Crippen LogP contribution is -2.51. The summed E-state index contributed by atoms with van der Waals surface area (Å²) in [7, 11) is 0. The second-order valence-electron chi connectivity index (χ2n) is 8.79. The van der Waals surface area contributed by atoms with Gasteiger partial charge in [-0.15, -0.1) is 0 Å². The molecule has 3 rings (SSSR count). The lowest BCUT2D eigenvalue weighted by Gasteiger charge is -2.35. The summed E-state index contributed by atoms with van der Waals surface area (Å²) in [4.78, 5) is 40.2. The SMILES string of the molecule is CC(C)(C)OC(=O)N1CCN(C(=O)/C=C/c2ccc(Sc3ccc(Cl)cc3Cl)c([N+](=O)[O-])c2)CC1. The number of rotatable bonds is 5. The van der Waals surface area contributed by atoms with E-state index in [1.807, 2.05) is 0 Å². The van der Waals surface area contributed by atoms with Gasteiger partial charge in [0, 0.05) is 48.2 Å². The molecule has 1 aliphatic rings. The first-order chi connectivity index (χ1) is 16.4.